The molecule has 7 heteroatoms. The van der Waals surface area contributed by atoms with E-state index in [1.807, 2.05) is 0 Å². The summed E-state index contributed by atoms with van der Waals surface area (Å²) in [5.41, 5.74) is 1.43. The molecule has 2 aromatic rings. The highest BCUT2D eigenvalue weighted by atomic mass is 35.5. The molecule has 0 aliphatic heterocycles. The van der Waals surface area contributed by atoms with Crippen molar-refractivity contribution in [3.8, 4) is 0 Å². The van der Waals surface area contributed by atoms with Crippen LogP contribution in [-0.2, 0) is 21.4 Å². The molecule has 1 amide bonds. The van der Waals surface area contributed by atoms with Crippen molar-refractivity contribution in [3.63, 3.8) is 0 Å². The number of amides is 1. The van der Waals surface area contributed by atoms with E-state index in [0.29, 0.717) is 10.7 Å². The minimum absolute atomic E-state index is 0.0201. The molecule has 3 rings (SSSR count). The third-order valence-corrected chi connectivity index (χ3v) is 5.35. The lowest BCUT2D eigenvalue weighted by Crippen LogP contribution is -2.23. The molecule has 0 atom stereocenters. The molecule has 1 aliphatic rings. The maximum atomic E-state index is 12.3. The van der Waals surface area contributed by atoms with Crippen molar-refractivity contribution >= 4 is 33.2 Å². The summed E-state index contributed by atoms with van der Waals surface area (Å²) >= 11 is 5.84. The van der Waals surface area contributed by atoms with E-state index in [1.54, 1.807) is 36.4 Å². The van der Waals surface area contributed by atoms with Crippen molar-refractivity contribution in [3.05, 3.63) is 59.1 Å². The number of benzene rings is 2. The number of anilines is 1. The number of rotatable bonds is 6. The number of hydrogen-bond donors (Lipinski definition) is 2. The molecule has 0 saturated heterocycles. The topological polar surface area (TPSA) is 75.3 Å². The Balaban J connectivity index is 1.66. The lowest BCUT2D eigenvalue weighted by Gasteiger charge is -2.09. The van der Waals surface area contributed by atoms with E-state index in [0.717, 1.165) is 18.4 Å². The largest absolute Gasteiger partial charge is 0.326 e. The fraction of sp³-hybridized carbons (Fsp3) is 0.235. The second-order valence-corrected chi connectivity index (χ2v) is 7.95. The first kappa shape index (κ1) is 17.0. The number of carbonyl (C=O) groups is 1. The van der Waals surface area contributed by atoms with Gasteiger partial charge in [0.1, 0.15) is 0 Å². The lowest BCUT2D eigenvalue weighted by molar-refractivity contribution is -0.117. The first-order valence-electron chi connectivity index (χ1n) is 7.59. The molecule has 0 bridgehead atoms. The van der Waals surface area contributed by atoms with E-state index in [9.17, 15) is 13.2 Å². The van der Waals surface area contributed by atoms with Crippen LogP contribution in [-0.4, -0.2) is 14.3 Å². The Labute approximate surface area is 146 Å². The predicted molar refractivity (Wildman–Crippen MR) is 93.3 cm³/mol. The summed E-state index contributed by atoms with van der Waals surface area (Å²) in [4.78, 5) is 11.9. The van der Waals surface area contributed by atoms with Gasteiger partial charge in [-0.25, -0.2) is 13.1 Å². The van der Waals surface area contributed by atoms with Crippen LogP contribution in [0, 0.1) is 5.92 Å². The Bertz CT molecular complexity index is 864. The maximum absolute atomic E-state index is 12.3. The molecule has 24 heavy (non-hydrogen) atoms. The molecule has 1 saturated carbocycles. The summed E-state index contributed by atoms with van der Waals surface area (Å²) in [6.45, 7) is 0.127. The Morgan fingerprint density at radius 2 is 1.88 bits per heavy atom. The summed E-state index contributed by atoms with van der Waals surface area (Å²) in [5.74, 6) is 0.140. The zero-order valence-electron chi connectivity index (χ0n) is 12.8. The van der Waals surface area contributed by atoms with Crippen LogP contribution >= 0.6 is 11.6 Å². The summed E-state index contributed by atoms with van der Waals surface area (Å²) in [7, 11) is -3.64. The molecular weight excluding hydrogens is 348 g/mol. The van der Waals surface area contributed by atoms with Gasteiger partial charge in [-0.2, -0.15) is 0 Å². The highest BCUT2D eigenvalue weighted by molar-refractivity contribution is 7.89. The van der Waals surface area contributed by atoms with Crippen LogP contribution in [0.4, 0.5) is 5.69 Å². The predicted octanol–water partition coefficient (Wildman–Crippen LogP) is 3.17. The van der Waals surface area contributed by atoms with Crippen LogP contribution < -0.4 is 10.0 Å². The lowest BCUT2D eigenvalue weighted by atomic mass is 10.2. The first-order chi connectivity index (χ1) is 11.4. The second-order valence-electron chi connectivity index (χ2n) is 5.75. The smallest absolute Gasteiger partial charge is 0.240 e. The van der Waals surface area contributed by atoms with Gasteiger partial charge in [-0.05, 0) is 48.7 Å². The van der Waals surface area contributed by atoms with Crippen molar-refractivity contribution in [2.75, 3.05) is 5.32 Å². The van der Waals surface area contributed by atoms with Gasteiger partial charge in [-0.3, -0.25) is 4.79 Å². The van der Waals surface area contributed by atoms with E-state index < -0.39 is 10.0 Å². The van der Waals surface area contributed by atoms with Crippen LogP contribution in [0.25, 0.3) is 0 Å². The number of carbonyl (C=O) groups excluding carboxylic acids is 1. The van der Waals surface area contributed by atoms with Gasteiger partial charge in [-0.15, -0.1) is 0 Å². The van der Waals surface area contributed by atoms with E-state index in [-0.39, 0.29) is 23.3 Å². The molecule has 0 radical (unpaired) electrons. The van der Waals surface area contributed by atoms with Gasteiger partial charge >= 0.3 is 0 Å². The third kappa shape index (κ3) is 4.35. The van der Waals surface area contributed by atoms with Gasteiger partial charge in [0.25, 0.3) is 0 Å². The highest BCUT2D eigenvalue weighted by Gasteiger charge is 2.29. The average molecular weight is 365 g/mol. The Morgan fingerprint density at radius 1 is 1.12 bits per heavy atom. The minimum Gasteiger partial charge on any atom is -0.326 e. The number of halogens is 1. The number of hydrogen-bond acceptors (Lipinski definition) is 3. The average Bonchev–Trinajstić information content (AvgIpc) is 3.38. The Morgan fingerprint density at radius 3 is 2.58 bits per heavy atom. The van der Waals surface area contributed by atoms with Crippen molar-refractivity contribution in [2.24, 2.45) is 5.92 Å². The van der Waals surface area contributed by atoms with Crippen molar-refractivity contribution in [2.45, 2.75) is 24.3 Å². The molecule has 126 valence electrons. The van der Waals surface area contributed by atoms with Crippen LogP contribution in [0.3, 0.4) is 0 Å². The summed E-state index contributed by atoms with van der Waals surface area (Å²) in [6, 6.07) is 13.2. The summed E-state index contributed by atoms with van der Waals surface area (Å²) in [6.07, 6.45) is 1.87. The van der Waals surface area contributed by atoms with Gasteiger partial charge in [0.2, 0.25) is 15.9 Å². The monoisotopic (exact) mass is 364 g/mol. The first-order valence-corrected chi connectivity index (χ1v) is 9.45. The van der Waals surface area contributed by atoms with E-state index in [2.05, 4.69) is 10.0 Å². The fourth-order valence-electron chi connectivity index (χ4n) is 2.24. The molecule has 0 spiro atoms. The molecule has 2 N–H and O–H groups in total. The summed E-state index contributed by atoms with van der Waals surface area (Å²) in [5, 5.41) is 3.21. The molecule has 0 aromatic heterocycles. The van der Waals surface area contributed by atoms with Gasteiger partial charge < -0.3 is 5.32 Å². The van der Waals surface area contributed by atoms with Crippen molar-refractivity contribution in [1.29, 1.82) is 0 Å². The Hall–Kier alpha value is -1.89. The fourth-order valence-corrected chi connectivity index (χ4v) is 3.56. The second kappa shape index (κ2) is 6.93. The van der Waals surface area contributed by atoms with Gasteiger partial charge in [0.05, 0.1) is 4.90 Å². The quantitative estimate of drug-likeness (QED) is 0.826. The molecule has 0 unspecified atom stereocenters. The third-order valence-electron chi connectivity index (χ3n) is 3.72. The van der Waals surface area contributed by atoms with Crippen molar-refractivity contribution < 1.29 is 13.2 Å². The standard InChI is InChI=1S/C17H17ClN2O3S/c18-14-4-2-6-16(10-14)24(22,23)19-11-12-3-1-5-15(9-12)20-17(21)13-7-8-13/h1-6,9-10,13,19H,7-8,11H2,(H,20,21). The maximum Gasteiger partial charge on any atom is 0.240 e. The number of nitrogens with one attached hydrogen (secondary N) is 2. The normalized spacial score (nSPS) is 14.4. The Kier molecular flexibility index (Phi) is 4.89. The molecule has 1 fully saturated rings. The van der Waals surface area contributed by atoms with Crippen LogP contribution in [0.2, 0.25) is 5.02 Å². The van der Waals surface area contributed by atoms with Gasteiger partial charge in [-0.1, -0.05) is 29.8 Å². The van der Waals surface area contributed by atoms with Crippen LogP contribution in [0.5, 0.6) is 0 Å². The molecule has 1 aliphatic carbocycles. The minimum atomic E-state index is -3.64. The van der Waals surface area contributed by atoms with Crippen LogP contribution in [0.1, 0.15) is 18.4 Å². The van der Waals surface area contributed by atoms with E-state index in [4.69, 9.17) is 11.6 Å². The molecule has 5 nitrogen and oxygen atoms in total. The zero-order valence-corrected chi connectivity index (χ0v) is 14.4. The number of sulfonamides is 1. The summed E-state index contributed by atoms with van der Waals surface area (Å²) < 4.78 is 27.1. The molecule has 0 heterocycles. The van der Waals surface area contributed by atoms with E-state index >= 15 is 0 Å². The highest BCUT2D eigenvalue weighted by Crippen LogP contribution is 2.30. The van der Waals surface area contributed by atoms with Gasteiger partial charge in [0.15, 0.2) is 0 Å². The molecular formula is C17H17ClN2O3S. The van der Waals surface area contributed by atoms with E-state index in [1.165, 1.54) is 12.1 Å². The van der Waals surface area contributed by atoms with Gasteiger partial charge in [0, 0.05) is 23.2 Å². The zero-order chi connectivity index (χ0) is 17.2. The molecule has 2 aromatic carbocycles. The van der Waals surface area contributed by atoms with Crippen molar-refractivity contribution in [1.82, 2.24) is 4.72 Å². The SMILES string of the molecule is O=C(Nc1cccc(CNS(=O)(=O)c2cccc(Cl)c2)c1)C1CC1. The van der Waals surface area contributed by atoms with Crippen LogP contribution in [0.15, 0.2) is 53.4 Å².